The molecule has 0 radical (unpaired) electrons. The average molecular weight is 345 g/mol. The predicted octanol–water partition coefficient (Wildman–Crippen LogP) is 3.09. The van der Waals surface area contributed by atoms with E-state index in [1.807, 2.05) is 11.5 Å². The molecule has 0 unspecified atom stereocenters. The molecule has 0 saturated carbocycles. The Morgan fingerprint density at radius 1 is 1.42 bits per heavy atom. The number of hydrogen-bond donors (Lipinski definition) is 0. The normalized spacial score (nSPS) is 12.2. The molecule has 6 nitrogen and oxygen atoms in total. The first-order valence-electron chi connectivity index (χ1n) is 7.78. The van der Waals surface area contributed by atoms with Crippen molar-refractivity contribution < 1.29 is 14.1 Å². The molecular formula is C17H19N3O3S. The molecule has 0 spiro atoms. The van der Waals surface area contributed by atoms with Gasteiger partial charge in [-0.1, -0.05) is 22.6 Å². The zero-order chi connectivity index (χ0) is 17.1. The number of ether oxygens (including phenoxy) is 1. The smallest absolute Gasteiger partial charge is 0.318 e. The third-order valence-corrected chi connectivity index (χ3v) is 4.85. The van der Waals surface area contributed by atoms with Gasteiger partial charge in [0.05, 0.1) is 23.0 Å². The molecule has 2 aromatic heterocycles. The Morgan fingerprint density at radius 3 is 2.96 bits per heavy atom. The number of amides is 1. The SMILES string of the molecule is CCOCCn1c(=NC(=O)c2ccno2)sc2c(C)cc(C)cc21. The van der Waals surface area contributed by atoms with Crippen LogP contribution in [0.3, 0.4) is 0 Å². The molecule has 0 saturated heterocycles. The maximum absolute atomic E-state index is 12.2. The van der Waals surface area contributed by atoms with Gasteiger partial charge in [0.1, 0.15) is 0 Å². The van der Waals surface area contributed by atoms with E-state index in [9.17, 15) is 4.79 Å². The van der Waals surface area contributed by atoms with Crippen molar-refractivity contribution >= 4 is 27.5 Å². The van der Waals surface area contributed by atoms with E-state index < -0.39 is 5.91 Å². The molecule has 0 aliphatic rings. The van der Waals surface area contributed by atoms with Crippen molar-refractivity contribution in [2.45, 2.75) is 27.3 Å². The zero-order valence-electron chi connectivity index (χ0n) is 13.9. The highest BCUT2D eigenvalue weighted by atomic mass is 32.1. The van der Waals surface area contributed by atoms with Crippen molar-refractivity contribution in [2.24, 2.45) is 4.99 Å². The zero-order valence-corrected chi connectivity index (χ0v) is 14.7. The van der Waals surface area contributed by atoms with Crippen molar-refractivity contribution in [3.8, 4) is 0 Å². The summed E-state index contributed by atoms with van der Waals surface area (Å²) in [7, 11) is 0. The van der Waals surface area contributed by atoms with Crippen molar-refractivity contribution in [1.29, 1.82) is 0 Å². The minimum atomic E-state index is -0.432. The molecule has 0 atom stereocenters. The van der Waals surface area contributed by atoms with E-state index in [-0.39, 0.29) is 5.76 Å². The van der Waals surface area contributed by atoms with Crippen LogP contribution in [0, 0.1) is 13.8 Å². The third-order valence-electron chi connectivity index (χ3n) is 3.62. The van der Waals surface area contributed by atoms with Crippen LogP contribution in [0.25, 0.3) is 10.2 Å². The van der Waals surface area contributed by atoms with Crippen molar-refractivity contribution in [2.75, 3.05) is 13.2 Å². The number of rotatable bonds is 5. The molecule has 2 heterocycles. The highest BCUT2D eigenvalue weighted by Crippen LogP contribution is 2.23. The first-order valence-corrected chi connectivity index (χ1v) is 8.60. The number of benzene rings is 1. The molecule has 126 valence electrons. The molecule has 0 N–H and O–H groups in total. The van der Waals surface area contributed by atoms with Crippen LogP contribution < -0.4 is 4.80 Å². The molecule has 3 aromatic rings. The van der Waals surface area contributed by atoms with Gasteiger partial charge in [-0.15, -0.1) is 0 Å². The number of hydrogen-bond acceptors (Lipinski definition) is 5. The monoisotopic (exact) mass is 345 g/mol. The third kappa shape index (κ3) is 3.32. The van der Waals surface area contributed by atoms with Crippen LogP contribution in [-0.4, -0.2) is 28.8 Å². The Labute approximate surface area is 143 Å². The summed E-state index contributed by atoms with van der Waals surface area (Å²) in [6, 6.07) is 5.76. The summed E-state index contributed by atoms with van der Waals surface area (Å²) in [5.41, 5.74) is 3.42. The van der Waals surface area contributed by atoms with Crippen LogP contribution in [0.15, 0.2) is 33.9 Å². The van der Waals surface area contributed by atoms with Crippen LogP contribution >= 0.6 is 11.3 Å². The predicted molar refractivity (Wildman–Crippen MR) is 92.2 cm³/mol. The Balaban J connectivity index is 2.13. The summed E-state index contributed by atoms with van der Waals surface area (Å²) in [6.07, 6.45) is 1.43. The number of aryl methyl sites for hydroxylation is 2. The van der Waals surface area contributed by atoms with Crippen LogP contribution in [0.5, 0.6) is 0 Å². The fraction of sp³-hybridized carbons (Fsp3) is 0.353. The van der Waals surface area contributed by atoms with Crippen molar-refractivity contribution in [3.05, 3.63) is 46.1 Å². The molecular weight excluding hydrogens is 326 g/mol. The standard InChI is InChI=1S/C17H19N3O3S/c1-4-22-8-7-20-13-10-11(2)9-12(3)15(13)24-17(20)19-16(21)14-5-6-18-23-14/h5-6,9-10H,4,7-8H2,1-3H3. The number of fused-ring (bicyclic) bond motifs is 1. The first kappa shape index (κ1) is 16.6. The molecule has 1 aromatic carbocycles. The first-order chi connectivity index (χ1) is 11.6. The van der Waals surface area contributed by atoms with E-state index >= 15 is 0 Å². The lowest BCUT2D eigenvalue weighted by molar-refractivity contribution is 0.0961. The fourth-order valence-corrected chi connectivity index (χ4v) is 3.69. The van der Waals surface area contributed by atoms with Gasteiger partial charge < -0.3 is 13.8 Å². The lowest BCUT2D eigenvalue weighted by Gasteiger charge is -2.06. The Bertz CT molecular complexity index is 923. The van der Waals surface area contributed by atoms with Gasteiger partial charge >= 0.3 is 5.91 Å². The van der Waals surface area contributed by atoms with E-state index in [4.69, 9.17) is 9.26 Å². The van der Waals surface area contributed by atoms with Crippen LogP contribution in [0.2, 0.25) is 0 Å². The summed E-state index contributed by atoms with van der Waals surface area (Å²) in [4.78, 5) is 17.1. The van der Waals surface area contributed by atoms with Crippen LogP contribution in [-0.2, 0) is 11.3 Å². The Hall–Kier alpha value is -2.25. The lowest BCUT2D eigenvalue weighted by Crippen LogP contribution is -2.19. The number of carbonyl (C=O) groups is 1. The van der Waals surface area contributed by atoms with Crippen LogP contribution in [0.1, 0.15) is 28.6 Å². The largest absolute Gasteiger partial charge is 0.380 e. The van der Waals surface area contributed by atoms with Gasteiger partial charge in [0, 0.05) is 19.2 Å². The minimum Gasteiger partial charge on any atom is -0.380 e. The van der Waals surface area contributed by atoms with E-state index in [0.29, 0.717) is 24.6 Å². The number of carbonyl (C=O) groups excluding carboxylic acids is 1. The quantitative estimate of drug-likeness (QED) is 0.666. The van der Waals surface area contributed by atoms with Crippen molar-refractivity contribution in [3.63, 3.8) is 0 Å². The second kappa shape index (κ2) is 7.11. The van der Waals surface area contributed by atoms with Crippen molar-refractivity contribution in [1.82, 2.24) is 9.72 Å². The van der Waals surface area contributed by atoms with Crippen LogP contribution in [0.4, 0.5) is 0 Å². The Kier molecular flexibility index (Phi) is 4.92. The van der Waals surface area contributed by atoms with Gasteiger partial charge in [0.25, 0.3) is 0 Å². The summed E-state index contributed by atoms with van der Waals surface area (Å²) in [5.74, 6) is -0.296. The minimum absolute atomic E-state index is 0.136. The number of aromatic nitrogens is 2. The molecule has 24 heavy (non-hydrogen) atoms. The summed E-state index contributed by atoms with van der Waals surface area (Å²) < 4.78 is 13.5. The highest BCUT2D eigenvalue weighted by molar-refractivity contribution is 7.16. The molecule has 3 rings (SSSR count). The van der Waals surface area contributed by atoms with Gasteiger partial charge in [0.15, 0.2) is 4.80 Å². The molecule has 7 heteroatoms. The van der Waals surface area contributed by atoms with Gasteiger partial charge in [-0.25, -0.2) is 0 Å². The maximum Gasteiger partial charge on any atom is 0.318 e. The van der Waals surface area contributed by atoms with Gasteiger partial charge in [-0.3, -0.25) is 4.79 Å². The molecule has 0 fully saturated rings. The van der Waals surface area contributed by atoms with E-state index in [1.54, 1.807) is 0 Å². The summed E-state index contributed by atoms with van der Waals surface area (Å²) in [6.45, 7) is 7.96. The van der Waals surface area contributed by atoms with E-state index in [2.05, 4.69) is 36.1 Å². The highest BCUT2D eigenvalue weighted by Gasteiger charge is 2.13. The van der Waals surface area contributed by atoms with Gasteiger partial charge in [0.2, 0.25) is 5.76 Å². The number of thiazole rings is 1. The second-order valence-corrected chi connectivity index (χ2v) is 6.43. The fourth-order valence-electron chi connectivity index (χ4n) is 2.58. The maximum atomic E-state index is 12.2. The second-order valence-electron chi connectivity index (χ2n) is 5.46. The average Bonchev–Trinajstić information content (AvgIpc) is 3.17. The van der Waals surface area contributed by atoms with E-state index in [0.717, 1.165) is 10.2 Å². The lowest BCUT2D eigenvalue weighted by atomic mass is 10.1. The number of nitrogens with zero attached hydrogens (tertiary/aromatic N) is 3. The molecule has 1 amide bonds. The molecule has 0 aliphatic heterocycles. The topological polar surface area (TPSA) is 69.6 Å². The molecule has 0 bridgehead atoms. The van der Waals surface area contributed by atoms with Gasteiger partial charge in [-0.2, -0.15) is 4.99 Å². The van der Waals surface area contributed by atoms with Gasteiger partial charge in [-0.05, 0) is 38.0 Å². The Morgan fingerprint density at radius 2 is 2.25 bits per heavy atom. The van der Waals surface area contributed by atoms with E-state index in [1.165, 1.54) is 34.7 Å². The summed E-state index contributed by atoms with van der Waals surface area (Å²) >= 11 is 1.50. The molecule has 0 aliphatic carbocycles. The summed E-state index contributed by atoms with van der Waals surface area (Å²) in [5, 5.41) is 3.56.